The lowest BCUT2D eigenvalue weighted by atomic mass is 9.91. The number of alkyl halides is 4. The van der Waals surface area contributed by atoms with Gasteiger partial charge in [-0.3, -0.25) is 0 Å². The molecule has 3 atom stereocenters. The predicted molar refractivity (Wildman–Crippen MR) is 74.8 cm³/mol. The molecule has 1 aromatic carbocycles. The first-order valence-corrected chi connectivity index (χ1v) is 7.42. The number of ether oxygens (including phenoxy) is 3. The zero-order chi connectivity index (χ0) is 15.5. The van der Waals surface area contributed by atoms with Crippen LogP contribution in [0.15, 0.2) is 24.3 Å². The molecule has 3 unspecified atom stereocenters. The molecule has 0 spiro atoms. The van der Waals surface area contributed by atoms with Gasteiger partial charge in [-0.25, -0.2) is 0 Å². The molecule has 0 saturated heterocycles. The SMILES string of the molecule is COCCOC1C(Br)CC1Oc1ccccc1C(F)(F)F. The highest BCUT2D eigenvalue weighted by molar-refractivity contribution is 9.09. The standard InChI is InChI=1S/C14H16BrF3O3/c1-19-6-7-20-13-10(15)8-12(13)21-11-5-3-2-4-9(11)14(16,17)18/h2-5,10,12-13H,6-8H2,1H3. The van der Waals surface area contributed by atoms with Gasteiger partial charge in [0.2, 0.25) is 0 Å². The fraction of sp³-hybridized carbons (Fsp3) is 0.571. The first-order chi connectivity index (χ1) is 9.93. The van der Waals surface area contributed by atoms with E-state index in [1.165, 1.54) is 18.2 Å². The van der Waals surface area contributed by atoms with Gasteiger partial charge in [-0.1, -0.05) is 28.1 Å². The Labute approximate surface area is 129 Å². The van der Waals surface area contributed by atoms with E-state index in [0.29, 0.717) is 19.6 Å². The summed E-state index contributed by atoms with van der Waals surface area (Å²) >= 11 is 3.42. The third kappa shape index (κ3) is 4.11. The highest BCUT2D eigenvalue weighted by Crippen LogP contribution is 2.39. The highest BCUT2D eigenvalue weighted by atomic mass is 79.9. The maximum atomic E-state index is 12.9. The Balaban J connectivity index is 2.02. The van der Waals surface area contributed by atoms with E-state index in [2.05, 4.69) is 15.9 Å². The minimum atomic E-state index is -4.43. The second-order valence-electron chi connectivity index (χ2n) is 4.73. The fourth-order valence-electron chi connectivity index (χ4n) is 2.09. The molecule has 1 aliphatic carbocycles. The lowest BCUT2D eigenvalue weighted by molar-refractivity contribution is -0.141. The zero-order valence-electron chi connectivity index (χ0n) is 11.4. The third-order valence-electron chi connectivity index (χ3n) is 3.25. The average molecular weight is 369 g/mol. The van der Waals surface area contributed by atoms with Crippen molar-refractivity contribution < 1.29 is 27.4 Å². The summed E-state index contributed by atoms with van der Waals surface area (Å²) in [7, 11) is 1.56. The normalized spacial score (nSPS) is 25.5. The summed E-state index contributed by atoms with van der Waals surface area (Å²) < 4.78 is 54.7. The highest BCUT2D eigenvalue weighted by Gasteiger charge is 2.44. The van der Waals surface area contributed by atoms with Gasteiger partial charge in [0.1, 0.15) is 18.0 Å². The van der Waals surface area contributed by atoms with Crippen LogP contribution >= 0.6 is 15.9 Å². The summed E-state index contributed by atoms with van der Waals surface area (Å²) in [6, 6.07) is 5.21. The van der Waals surface area contributed by atoms with Gasteiger partial charge in [-0.2, -0.15) is 13.2 Å². The number of para-hydroxylation sites is 1. The maximum Gasteiger partial charge on any atom is 0.419 e. The quantitative estimate of drug-likeness (QED) is 0.566. The minimum Gasteiger partial charge on any atom is -0.487 e. The van der Waals surface area contributed by atoms with Gasteiger partial charge in [-0.15, -0.1) is 0 Å². The van der Waals surface area contributed by atoms with Crippen LogP contribution in [-0.2, 0) is 15.7 Å². The van der Waals surface area contributed by atoms with Gasteiger partial charge in [0, 0.05) is 18.4 Å². The molecule has 3 nitrogen and oxygen atoms in total. The molecule has 118 valence electrons. The van der Waals surface area contributed by atoms with Crippen LogP contribution in [0.5, 0.6) is 5.75 Å². The van der Waals surface area contributed by atoms with E-state index >= 15 is 0 Å². The van der Waals surface area contributed by atoms with E-state index in [1.807, 2.05) is 0 Å². The monoisotopic (exact) mass is 368 g/mol. The number of halogens is 4. The van der Waals surface area contributed by atoms with E-state index < -0.39 is 17.8 Å². The summed E-state index contributed by atoms with van der Waals surface area (Å²) in [5, 5.41) is 0. The lowest BCUT2D eigenvalue weighted by Gasteiger charge is -2.41. The van der Waals surface area contributed by atoms with Crippen molar-refractivity contribution >= 4 is 15.9 Å². The second kappa shape index (κ2) is 6.98. The molecule has 1 fully saturated rings. The molecular weight excluding hydrogens is 353 g/mol. The fourth-order valence-corrected chi connectivity index (χ4v) is 2.95. The molecular formula is C14H16BrF3O3. The molecule has 0 N–H and O–H groups in total. The summed E-state index contributed by atoms with van der Waals surface area (Å²) in [6.07, 6.45) is -4.50. The Morgan fingerprint density at radius 1 is 1.24 bits per heavy atom. The topological polar surface area (TPSA) is 27.7 Å². The molecule has 1 aliphatic rings. The van der Waals surface area contributed by atoms with E-state index in [1.54, 1.807) is 7.11 Å². The van der Waals surface area contributed by atoms with Crippen LogP contribution in [0.2, 0.25) is 0 Å². The smallest absolute Gasteiger partial charge is 0.419 e. The Hall–Kier alpha value is -0.790. The van der Waals surface area contributed by atoms with Gasteiger partial charge in [0.15, 0.2) is 0 Å². The predicted octanol–water partition coefficient (Wildman–Crippen LogP) is 3.65. The molecule has 1 aromatic rings. The number of hydrogen-bond acceptors (Lipinski definition) is 3. The van der Waals surface area contributed by atoms with Crippen molar-refractivity contribution in [3.8, 4) is 5.75 Å². The molecule has 0 heterocycles. The Kier molecular flexibility index (Phi) is 5.51. The van der Waals surface area contributed by atoms with Crippen LogP contribution in [0.4, 0.5) is 13.2 Å². The number of methoxy groups -OCH3 is 1. The molecule has 7 heteroatoms. The van der Waals surface area contributed by atoms with E-state index in [0.717, 1.165) is 6.07 Å². The minimum absolute atomic E-state index is 0.0809. The number of rotatable bonds is 6. The largest absolute Gasteiger partial charge is 0.487 e. The van der Waals surface area contributed by atoms with Gasteiger partial charge in [0.25, 0.3) is 0 Å². The summed E-state index contributed by atoms with van der Waals surface area (Å²) in [5.74, 6) is -0.158. The van der Waals surface area contributed by atoms with E-state index in [-0.39, 0.29) is 16.7 Å². The zero-order valence-corrected chi connectivity index (χ0v) is 13.0. The average Bonchev–Trinajstić information content (AvgIpc) is 2.42. The van der Waals surface area contributed by atoms with Crippen LogP contribution in [0, 0.1) is 0 Å². The first-order valence-electron chi connectivity index (χ1n) is 6.51. The van der Waals surface area contributed by atoms with Crippen molar-refractivity contribution in [1.82, 2.24) is 0 Å². The Morgan fingerprint density at radius 3 is 2.57 bits per heavy atom. The van der Waals surface area contributed by atoms with E-state index in [4.69, 9.17) is 14.2 Å². The van der Waals surface area contributed by atoms with Gasteiger partial charge < -0.3 is 14.2 Å². The third-order valence-corrected chi connectivity index (χ3v) is 4.14. The Bertz CT molecular complexity index is 467. The Morgan fingerprint density at radius 2 is 1.95 bits per heavy atom. The summed E-state index contributed by atoms with van der Waals surface area (Å²) in [4.78, 5) is 0.0809. The number of hydrogen-bond donors (Lipinski definition) is 0. The van der Waals surface area contributed by atoms with Crippen molar-refractivity contribution in [2.24, 2.45) is 0 Å². The molecule has 1 saturated carbocycles. The van der Waals surface area contributed by atoms with Crippen molar-refractivity contribution in [3.05, 3.63) is 29.8 Å². The van der Waals surface area contributed by atoms with Crippen LogP contribution < -0.4 is 4.74 Å². The maximum absolute atomic E-state index is 12.9. The molecule has 0 amide bonds. The van der Waals surface area contributed by atoms with Crippen LogP contribution in [0.3, 0.4) is 0 Å². The van der Waals surface area contributed by atoms with Crippen molar-refractivity contribution in [2.75, 3.05) is 20.3 Å². The molecule has 0 aromatic heterocycles. The van der Waals surface area contributed by atoms with Crippen molar-refractivity contribution in [2.45, 2.75) is 29.6 Å². The summed E-state index contributed by atoms with van der Waals surface area (Å²) in [5.41, 5.74) is -0.765. The van der Waals surface area contributed by atoms with Gasteiger partial charge in [0.05, 0.1) is 18.8 Å². The lowest BCUT2D eigenvalue weighted by Crippen LogP contribution is -2.52. The molecule has 21 heavy (non-hydrogen) atoms. The molecule has 0 aliphatic heterocycles. The van der Waals surface area contributed by atoms with Crippen molar-refractivity contribution in [1.29, 1.82) is 0 Å². The van der Waals surface area contributed by atoms with Gasteiger partial charge in [-0.05, 0) is 12.1 Å². The van der Waals surface area contributed by atoms with Crippen LogP contribution in [0.1, 0.15) is 12.0 Å². The van der Waals surface area contributed by atoms with Crippen molar-refractivity contribution in [3.63, 3.8) is 0 Å². The van der Waals surface area contributed by atoms with Crippen LogP contribution in [0.25, 0.3) is 0 Å². The first kappa shape index (κ1) is 16.6. The molecule has 0 radical (unpaired) electrons. The molecule has 2 rings (SSSR count). The number of benzene rings is 1. The molecule has 0 bridgehead atoms. The van der Waals surface area contributed by atoms with Gasteiger partial charge >= 0.3 is 6.18 Å². The summed E-state index contributed by atoms with van der Waals surface area (Å²) in [6.45, 7) is 0.812. The second-order valence-corrected chi connectivity index (χ2v) is 5.91. The van der Waals surface area contributed by atoms with E-state index in [9.17, 15) is 13.2 Å². The van der Waals surface area contributed by atoms with Crippen LogP contribution in [-0.4, -0.2) is 37.4 Å².